The second-order valence-corrected chi connectivity index (χ2v) is 4.40. The first-order chi connectivity index (χ1) is 5.33. The third-order valence-electron chi connectivity index (χ3n) is 1.05. The van der Waals surface area contributed by atoms with E-state index in [1.54, 1.807) is 11.3 Å². The molecule has 3 heteroatoms. The largest absolute Gasteiger partial charge is 0.309 e. The highest BCUT2D eigenvalue weighted by atomic mass is 79.9. The Morgan fingerprint density at radius 3 is 3.00 bits per heavy atom. The van der Waals surface area contributed by atoms with E-state index in [1.807, 2.05) is 19.2 Å². The molecule has 0 saturated heterocycles. The molecular weight excluding hydrogens is 222 g/mol. The fourth-order valence-electron chi connectivity index (χ4n) is 0.601. The Bertz CT molecular complexity index is 282. The van der Waals surface area contributed by atoms with Crippen molar-refractivity contribution in [2.45, 2.75) is 0 Å². The lowest BCUT2D eigenvalue weighted by Crippen LogP contribution is -2.04. The second kappa shape index (κ2) is 4.55. The Balaban J connectivity index is 2.59. The topological polar surface area (TPSA) is 12.0 Å². The first-order valence-electron chi connectivity index (χ1n) is 3.22. The third kappa shape index (κ3) is 3.06. The lowest BCUT2D eigenvalue weighted by atomic mass is 10.4. The van der Waals surface area contributed by atoms with Gasteiger partial charge in [-0.2, -0.15) is 0 Å². The van der Waals surface area contributed by atoms with Crippen LogP contribution >= 0.6 is 27.3 Å². The van der Waals surface area contributed by atoms with Crippen LogP contribution in [0.1, 0.15) is 4.88 Å². The van der Waals surface area contributed by atoms with Gasteiger partial charge < -0.3 is 5.32 Å². The molecule has 0 aliphatic heterocycles. The lowest BCUT2D eigenvalue weighted by molar-refractivity contribution is 0.938. The number of hydrogen-bond donors (Lipinski definition) is 1. The molecule has 1 N–H and O–H groups in total. The van der Waals surface area contributed by atoms with Crippen LogP contribution in [0.25, 0.3) is 0 Å². The number of rotatable bonds is 1. The summed E-state index contributed by atoms with van der Waals surface area (Å²) in [6, 6.07) is 4.02. The lowest BCUT2D eigenvalue weighted by Gasteiger charge is -1.81. The molecule has 0 radical (unpaired) electrons. The van der Waals surface area contributed by atoms with Crippen molar-refractivity contribution in [3.05, 3.63) is 20.8 Å². The molecule has 1 rings (SSSR count). The molecule has 58 valence electrons. The van der Waals surface area contributed by atoms with E-state index in [-0.39, 0.29) is 0 Å². The van der Waals surface area contributed by atoms with Crippen LogP contribution in [0.3, 0.4) is 0 Å². The predicted octanol–water partition coefficient (Wildman–Crippen LogP) is 2.08. The minimum absolute atomic E-state index is 0.746. The normalized spacial score (nSPS) is 8.91. The summed E-state index contributed by atoms with van der Waals surface area (Å²) < 4.78 is 1.13. The zero-order chi connectivity index (χ0) is 8.10. The number of hydrogen-bond acceptors (Lipinski definition) is 2. The molecule has 0 fully saturated rings. The number of nitrogens with one attached hydrogen (secondary N) is 1. The van der Waals surface area contributed by atoms with Gasteiger partial charge in [-0.15, -0.1) is 11.3 Å². The van der Waals surface area contributed by atoms with Crippen LogP contribution in [-0.4, -0.2) is 13.6 Å². The Hall–Kier alpha value is -0.300. The maximum Gasteiger partial charge on any atom is 0.0781 e. The van der Waals surface area contributed by atoms with Gasteiger partial charge in [-0.1, -0.05) is 11.8 Å². The Morgan fingerprint density at radius 2 is 2.45 bits per heavy atom. The molecule has 1 nitrogen and oxygen atoms in total. The van der Waals surface area contributed by atoms with Gasteiger partial charge >= 0.3 is 0 Å². The van der Waals surface area contributed by atoms with Crippen molar-refractivity contribution in [3.8, 4) is 11.8 Å². The van der Waals surface area contributed by atoms with Gasteiger partial charge in [0.25, 0.3) is 0 Å². The summed E-state index contributed by atoms with van der Waals surface area (Å²) >= 11 is 5.03. The summed E-state index contributed by atoms with van der Waals surface area (Å²) in [5.74, 6) is 6.04. The van der Waals surface area contributed by atoms with Crippen molar-refractivity contribution >= 4 is 27.3 Å². The molecule has 11 heavy (non-hydrogen) atoms. The van der Waals surface area contributed by atoms with Crippen molar-refractivity contribution in [1.29, 1.82) is 0 Å². The van der Waals surface area contributed by atoms with Crippen LogP contribution in [0, 0.1) is 11.8 Å². The van der Waals surface area contributed by atoms with Gasteiger partial charge in [0, 0.05) is 0 Å². The summed E-state index contributed by atoms with van der Waals surface area (Å²) in [5, 5.41) is 2.96. The second-order valence-electron chi connectivity index (χ2n) is 1.94. The molecule has 0 saturated carbocycles. The van der Waals surface area contributed by atoms with E-state index in [2.05, 4.69) is 33.1 Å². The maximum absolute atomic E-state index is 3.38. The van der Waals surface area contributed by atoms with Crippen LogP contribution in [-0.2, 0) is 0 Å². The van der Waals surface area contributed by atoms with Crippen molar-refractivity contribution in [3.63, 3.8) is 0 Å². The molecule has 0 spiro atoms. The van der Waals surface area contributed by atoms with Gasteiger partial charge in [-0.25, -0.2) is 0 Å². The molecule has 0 amide bonds. The van der Waals surface area contributed by atoms with Gasteiger partial charge in [-0.05, 0) is 35.1 Å². The number of halogens is 1. The summed E-state index contributed by atoms with van der Waals surface area (Å²) in [4.78, 5) is 1.10. The van der Waals surface area contributed by atoms with Crippen LogP contribution < -0.4 is 5.32 Å². The maximum atomic E-state index is 3.38. The van der Waals surface area contributed by atoms with Crippen molar-refractivity contribution in [2.75, 3.05) is 13.6 Å². The highest BCUT2D eigenvalue weighted by Crippen LogP contribution is 2.20. The van der Waals surface area contributed by atoms with Gasteiger partial charge in [0.15, 0.2) is 0 Å². The summed E-state index contributed by atoms with van der Waals surface area (Å²) in [6.07, 6.45) is 0. The third-order valence-corrected chi connectivity index (χ3v) is 2.59. The van der Waals surface area contributed by atoms with E-state index < -0.39 is 0 Å². The van der Waals surface area contributed by atoms with E-state index in [9.17, 15) is 0 Å². The van der Waals surface area contributed by atoms with E-state index in [0.717, 1.165) is 15.2 Å². The smallest absolute Gasteiger partial charge is 0.0781 e. The molecule has 0 aromatic carbocycles. The molecule has 1 aromatic heterocycles. The van der Waals surface area contributed by atoms with Gasteiger partial charge in [-0.3, -0.25) is 0 Å². The van der Waals surface area contributed by atoms with Crippen molar-refractivity contribution < 1.29 is 0 Å². The average molecular weight is 230 g/mol. The van der Waals surface area contributed by atoms with E-state index in [4.69, 9.17) is 0 Å². The first kappa shape index (κ1) is 8.79. The average Bonchev–Trinajstić information content (AvgIpc) is 2.37. The minimum atomic E-state index is 0.746. The minimum Gasteiger partial charge on any atom is -0.309 e. The highest BCUT2D eigenvalue weighted by molar-refractivity contribution is 9.11. The number of thiophene rings is 1. The standard InChI is InChI=1S/C8H8BrNS/c1-10-6-2-3-7-4-5-8(9)11-7/h4-5,10H,6H2,1H3. The van der Waals surface area contributed by atoms with Gasteiger partial charge in [0.1, 0.15) is 0 Å². The Labute approximate surface area is 78.9 Å². The van der Waals surface area contributed by atoms with Crippen molar-refractivity contribution in [2.24, 2.45) is 0 Å². The van der Waals surface area contributed by atoms with Crippen molar-refractivity contribution in [1.82, 2.24) is 5.32 Å². The molecule has 0 unspecified atom stereocenters. The molecule has 0 aliphatic carbocycles. The Kier molecular flexibility index (Phi) is 3.64. The van der Waals surface area contributed by atoms with E-state index in [1.165, 1.54) is 0 Å². The predicted molar refractivity (Wildman–Crippen MR) is 52.8 cm³/mol. The monoisotopic (exact) mass is 229 g/mol. The Morgan fingerprint density at radius 1 is 1.64 bits per heavy atom. The summed E-state index contributed by atoms with van der Waals surface area (Å²) in [7, 11) is 1.89. The molecular formula is C8H8BrNS. The zero-order valence-electron chi connectivity index (χ0n) is 6.15. The summed E-state index contributed by atoms with van der Waals surface area (Å²) in [6.45, 7) is 0.746. The van der Waals surface area contributed by atoms with Gasteiger partial charge in [0.2, 0.25) is 0 Å². The van der Waals surface area contributed by atoms with Crippen LogP contribution in [0.5, 0.6) is 0 Å². The molecule has 1 heterocycles. The first-order valence-corrected chi connectivity index (χ1v) is 4.82. The van der Waals surface area contributed by atoms with E-state index >= 15 is 0 Å². The SMILES string of the molecule is CNCC#Cc1ccc(Br)s1. The van der Waals surface area contributed by atoms with Crippen LogP contribution in [0.15, 0.2) is 15.9 Å². The zero-order valence-corrected chi connectivity index (χ0v) is 8.55. The molecule has 0 bridgehead atoms. The van der Waals surface area contributed by atoms with E-state index in [0.29, 0.717) is 0 Å². The molecule has 0 aliphatic rings. The molecule has 0 atom stereocenters. The fourth-order valence-corrected chi connectivity index (χ4v) is 1.86. The quantitative estimate of drug-likeness (QED) is 0.728. The van der Waals surface area contributed by atoms with Crippen LogP contribution in [0.4, 0.5) is 0 Å². The van der Waals surface area contributed by atoms with Crippen LogP contribution in [0.2, 0.25) is 0 Å². The summed E-state index contributed by atoms with van der Waals surface area (Å²) in [5.41, 5.74) is 0. The molecule has 1 aromatic rings. The fraction of sp³-hybridized carbons (Fsp3) is 0.250. The van der Waals surface area contributed by atoms with Gasteiger partial charge in [0.05, 0.1) is 15.2 Å². The highest BCUT2D eigenvalue weighted by Gasteiger charge is 1.90.